The van der Waals surface area contributed by atoms with Crippen LogP contribution in [0.2, 0.25) is 0 Å². The average Bonchev–Trinajstić information content (AvgIpc) is 3.29. The molecule has 4 aliphatic rings. The van der Waals surface area contributed by atoms with E-state index in [9.17, 15) is 9.59 Å². The van der Waals surface area contributed by atoms with Crippen molar-refractivity contribution in [1.82, 2.24) is 9.80 Å². The molecule has 2 aromatic rings. The second kappa shape index (κ2) is 10.9. The Balaban J connectivity index is 1.09. The van der Waals surface area contributed by atoms with Gasteiger partial charge in [0.1, 0.15) is 23.7 Å². The molecule has 6 rings (SSSR count). The maximum atomic E-state index is 15.0. The van der Waals surface area contributed by atoms with Gasteiger partial charge in [0.25, 0.3) is 23.7 Å². The maximum absolute atomic E-state index is 15.0. The largest absolute Gasteiger partial charge is 0.497 e. The van der Waals surface area contributed by atoms with Crippen LogP contribution in [0.3, 0.4) is 0 Å². The molecule has 4 aliphatic heterocycles. The fourth-order valence-corrected chi connectivity index (χ4v) is 5.80. The molecule has 2 saturated heterocycles. The fraction of sp³-hybridized carbons (Fsp3) is 0.448. The van der Waals surface area contributed by atoms with E-state index in [0.717, 1.165) is 9.80 Å². The highest BCUT2D eigenvalue weighted by atomic mass is 19.3. The van der Waals surface area contributed by atoms with E-state index in [1.165, 1.54) is 38.8 Å². The number of hydrogen-bond donors (Lipinski definition) is 0. The third-order valence-corrected chi connectivity index (χ3v) is 7.94. The first kappa shape index (κ1) is 29.1. The molecule has 0 aliphatic carbocycles. The van der Waals surface area contributed by atoms with Crippen molar-refractivity contribution in [2.75, 3.05) is 40.5 Å². The summed E-state index contributed by atoms with van der Waals surface area (Å²) in [7, 11) is 2.85. The van der Waals surface area contributed by atoms with Gasteiger partial charge in [0.2, 0.25) is 0 Å². The number of carbonyl (C=O) groups is 2. The molecule has 43 heavy (non-hydrogen) atoms. The molecule has 4 atom stereocenters. The molecule has 0 spiro atoms. The zero-order valence-electron chi connectivity index (χ0n) is 23.2. The predicted octanol–water partition coefficient (Wildman–Crippen LogP) is 3.92. The molecule has 0 aromatic heterocycles. The summed E-state index contributed by atoms with van der Waals surface area (Å²) in [4.78, 5) is 36.8. The summed E-state index contributed by atoms with van der Waals surface area (Å²) in [5.41, 5.74) is 0.921. The van der Waals surface area contributed by atoms with E-state index in [2.05, 4.69) is 9.98 Å². The minimum atomic E-state index is -3.38. The van der Waals surface area contributed by atoms with Crippen LogP contribution in [-0.2, 0) is 9.47 Å². The van der Waals surface area contributed by atoms with Crippen molar-refractivity contribution >= 4 is 35.6 Å². The van der Waals surface area contributed by atoms with Gasteiger partial charge >= 0.3 is 0 Å². The van der Waals surface area contributed by atoms with Gasteiger partial charge in [-0.05, 0) is 42.8 Å². The van der Waals surface area contributed by atoms with Gasteiger partial charge in [-0.1, -0.05) is 0 Å². The Morgan fingerprint density at radius 1 is 0.744 bits per heavy atom. The van der Waals surface area contributed by atoms with Crippen molar-refractivity contribution in [2.24, 2.45) is 9.98 Å². The van der Waals surface area contributed by atoms with Gasteiger partial charge in [0, 0.05) is 25.6 Å². The predicted molar refractivity (Wildman–Crippen MR) is 146 cm³/mol. The average molecular weight is 605 g/mol. The van der Waals surface area contributed by atoms with Crippen molar-refractivity contribution in [3.63, 3.8) is 0 Å². The number of carbonyl (C=O) groups excluding carboxylic acids is 2. The second-order valence-corrected chi connectivity index (χ2v) is 10.6. The normalized spacial score (nSPS) is 26.4. The topological polar surface area (TPSA) is 102 Å². The van der Waals surface area contributed by atoms with Crippen molar-refractivity contribution < 1.29 is 46.1 Å². The molecule has 0 radical (unpaired) electrons. The Morgan fingerprint density at radius 2 is 1.16 bits per heavy atom. The van der Waals surface area contributed by atoms with E-state index >= 15 is 17.6 Å². The first-order valence-corrected chi connectivity index (χ1v) is 13.6. The van der Waals surface area contributed by atoms with Crippen molar-refractivity contribution in [3.8, 4) is 11.5 Å². The zero-order chi connectivity index (χ0) is 30.5. The minimum Gasteiger partial charge on any atom is -0.497 e. The van der Waals surface area contributed by atoms with Crippen LogP contribution in [0, 0.1) is 0 Å². The zero-order valence-corrected chi connectivity index (χ0v) is 23.2. The van der Waals surface area contributed by atoms with Gasteiger partial charge in [-0.2, -0.15) is 0 Å². The standard InChI is InChI=1S/C29H28F4N4O6/c1-40-16-4-6-20-18(10-16)26(38)36-14-28(30,31)24(22(36)12-34-20)42-8-3-9-43-25-23-13-35-21-7-5-17(41-2)11-19(21)27(39)37(23)15-29(25,32)33/h4-7,10-13,22-25H,3,8-9,14-15H2,1-2H3/t22-,23-,24?,25?/m1/s1. The van der Waals surface area contributed by atoms with Crippen LogP contribution in [-0.4, -0.2) is 111 Å². The van der Waals surface area contributed by atoms with Crippen LogP contribution in [0.15, 0.2) is 46.4 Å². The maximum Gasteiger partial charge on any atom is 0.293 e. The van der Waals surface area contributed by atoms with Gasteiger partial charge in [0.15, 0.2) is 0 Å². The first-order chi connectivity index (χ1) is 20.5. The summed E-state index contributed by atoms with van der Waals surface area (Å²) in [5, 5.41) is 0. The lowest BCUT2D eigenvalue weighted by atomic mass is 10.1. The molecule has 10 nitrogen and oxygen atoms in total. The number of amides is 2. The molecule has 14 heteroatoms. The number of nitrogens with zero attached hydrogens (tertiary/aromatic N) is 4. The number of methoxy groups -OCH3 is 2. The quantitative estimate of drug-likeness (QED) is 0.335. The second-order valence-electron chi connectivity index (χ2n) is 10.6. The number of alkyl halides is 4. The summed E-state index contributed by atoms with van der Waals surface area (Å²) in [6.07, 6.45) is -0.850. The summed E-state index contributed by atoms with van der Waals surface area (Å²) in [6, 6.07) is 6.98. The van der Waals surface area contributed by atoms with Gasteiger partial charge in [-0.15, -0.1) is 0 Å². The molecule has 0 saturated carbocycles. The van der Waals surface area contributed by atoms with Crippen molar-refractivity contribution in [3.05, 3.63) is 47.5 Å². The number of benzene rings is 2. The third-order valence-electron chi connectivity index (χ3n) is 7.94. The van der Waals surface area contributed by atoms with E-state index in [1.807, 2.05) is 0 Å². The Labute approximate surface area is 243 Å². The number of fused-ring (bicyclic) bond motifs is 4. The number of halogens is 4. The number of hydrogen-bond acceptors (Lipinski definition) is 8. The Kier molecular flexibility index (Phi) is 7.37. The molecule has 2 amide bonds. The molecule has 2 fully saturated rings. The number of rotatable bonds is 8. The van der Waals surface area contributed by atoms with Crippen LogP contribution in [0.4, 0.5) is 28.9 Å². The van der Waals surface area contributed by atoms with Crippen LogP contribution in [0.25, 0.3) is 0 Å². The highest BCUT2D eigenvalue weighted by molar-refractivity contribution is 6.04. The number of aliphatic imine (C=N–C) groups is 2. The Hall–Kier alpha value is -4.04. The van der Waals surface area contributed by atoms with E-state index in [-0.39, 0.29) is 30.8 Å². The summed E-state index contributed by atoms with van der Waals surface area (Å²) < 4.78 is 81.4. The minimum absolute atomic E-state index is 0.00360. The van der Waals surface area contributed by atoms with Gasteiger partial charge < -0.3 is 28.7 Å². The van der Waals surface area contributed by atoms with Gasteiger partial charge in [-0.3, -0.25) is 19.6 Å². The van der Waals surface area contributed by atoms with Crippen molar-refractivity contribution in [1.29, 1.82) is 0 Å². The highest BCUT2D eigenvalue weighted by Crippen LogP contribution is 2.40. The lowest BCUT2D eigenvalue weighted by Crippen LogP contribution is -2.43. The van der Waals surface area contributed by atoms with Crippen LogP contribution < -0.4 is 9.47 Å². The van der Waals surface area contributed by atoms with E-state index < -0.39 is 61.0 Å². The first-order valence-electron chi connectivity index (χ1n) is 13.6. The van der Waals surface area contributed by atoms with Gasteiger partial charge in [0.05, 0.1) is 61.9 Å². The highest BCUT2D eigenvalue weighted by Gasteiger charge is 2.58. The van der Waals surface area contributed by atoms with Crippen LogP contribution >= 0.6 is 0 Å². The third kappa shape index (κ3) is 5.12. The monoisotopic (exact) mass is 604 g/mol. The summed E-state index contributed by atoms with van der Waals surface area (Å²) in [6.45, 7) is -2.24. The fourth-order valence-electron chi connectivity index (χ4n) is 5.80. The molecule has 0 bridgehead atoms. The van der Waals surface area contributed by atoms with Gasteiger partial charge in [-0.25, -0.2) is 17.6 Å². The van der Waals surface area contributed by atoms with E-state index in [0.29, 0.717) is 22.9 Å². The van der Waals surface area contributed by atoms with E-state index in [1.54, 1.807) is 24.3 Å². The molecule has 2 unspecified atom stereocenters. The molecular weight excluding hydrogens is 576 g/mol. The molecule has 2 aromatic carbocycles. The number of ether oxygens (including phenoxy) is 4. The Bertz CT molecular complexity index is 1390. The molecule has 4 heterocycles. The van der Waals surface area contributed by atoms with Crippen LogP contribution in [0.1, 0.15) is 27.1 Å². The summed E-state index contributed by atoms with van der Waals surface area (Å²) >= 11 is 0. The molecular formula is C29H28F4N4O6. The lowest BCUT2D eigenvalue weighted by molar-refractivity contribution is -0.125. The molecule has 228 valence electrons. The lowest BCUT2D eigenvalue weighted by Gasteiger charge is -2.25. The van der Waals surface area contributed by atoms with E-state index in [4.69, 9.17) is 18.9 Å². The smallest absolute Gasteiger partial charge is 0.293 e. The van der Waals surface area contributed by atoms with Crippen LogP contribution in [0.5, 0.6) is 11.5 Å². The Morgan fingerprint density at radius 3 is 1.56 bits per heavy atom. The SMILES string of the molecule is COc1ccc2c(c1)C(=O)N1CC(F)(F)C(OCCCOC3[C@H]4C=Nc5ccc(OC)cc5C(=O)N4CC3(F)F)[C@H]1C=N2. The summed E-state index contributed by atoms with van der Waals surface area (Å²) in [5.74, 6) is -7.23. The van der Waals surface area contributed by atoms with Crippen molar-refractivity contribution in [2.45, 2.75) is 42.6 Å². The molecule has 0 N–H and O–H groups in total.